The molecule has 1 aromatic rings. The number of carbonyl (C=O) groups excluding carboxylic acids is 1. The molecule has 29 heavy (non-hydrogen) atoms. The molecule has 0 radical (unpaired) electrons. The van der Waals surface area contributed by atoms with Crippen LogP contribution < -0.4 is 10.6 Å². The third kappa shape index (κ3) is 9.13. The first kappa shape index (κ1) is 28.0. The highest BCUT2D eigenvalue weighted by Gasteiger charge is 2.20. The Bertz CT molecular complexity index is 783. The molecule has 1 unspecified atom stereocenters. The predicted molar refractivity (Wildman–Crippen MR) is 128 cm³/mol. The molecule has 0 amide bonds. The minimum Gasteiger partial charge on any atom is -0.462 e. The van der Waals surface area contributed by atoms with Crippen molar-refractivity contribution in [2.45, 2.75) is 40.2 Å². The van der Waals surface area contributed by atoms with Crippen molar-refractivity contribution in [2.75, 3.05) is 39.5 Å². The van der Waals surface area contributed by atoms with Gasteiger partial charge in [0.1, 0.15) is 9.88 Å². The Morgan fingerprint density at radius 3 is 2.55 bits per heavy atom. The number of hydrogen-bond acceptors (Lipinski definition) is 7. The van der Waals surface area contributed by atoms with E-state index in [9.17, 15) is 13.2 Å². The number of aryl methyl sites for hydroxylation is 1. The van der Waals surface area contributed by atoms with E-state index >= 15 is 0 Å². The first-order chi connectivity index (χ1) is 13.1. The molecule has 0 fully saturated rings. The van der Waals surface area contributed by atoms with Crippen LogP contribution >= 0.6 is 35.3 Å². The van der Waals surface area contributed by atoms with Crippen LogP contribution in [0.25, 0.3) is 0 Å². The van der Waals surface area contributed by atoms with E-state index in [2.05, 4.69) is 20.6 Å². The van der Waals surface area contributed by atoms with Crippen molar-refractivity contribution in [2.24, 2.45) is 4.99 Å². The Morgan fingerprint density at radius 1 is 1.38 bits per heavy atom. The van der Waals surface area contributed by atoms with Crippen molar-refractivity contribution in [1.82, 2.24) is 19.9 Å². The van der Waals surface area contributed by atoms with Crippen molar-refractivity contribution in [3.63, 3.8) is 0 Å². The molecular formula is C17H32IN5O4S2. The summed E-state index contributed by atoms with van der Waals surface area (Å²) in [7, 11) is -1.51. The molecule has 0 aromatic carbocycles. The zero-order valence-corrected chi connectivity index (χ0v) is 21.8. The summed E-state index contributed by atoms with van der Waals surface area (Å²) in [4.78, 5) is 21.1. The molecule has 168 valence electrons. The second-order valence-corrected chi connectivity index (χ2v) is 9.17. The van der Waals surface area contributed by atoms with E-state index in [-0.39, 0.29) is 36.0 Å². The smallest absolute Gasteiger partial charge is 0.350 e. The molecule has 0 aliphatic carbocycles. The number of ether oxygens (including phenoxy) is 1. The first-order valence-electron chi connectivity index (χ1n) is 9.20. The summed E-state index contributed by atoms with van der Waals surface area (Å²) in [5.74, 6) is 0.227. The van der Waals surface area contributed by atoms with Crippen molar-refractivity contribution in [3.05, 3.63) is 15.6 Å². The Hall–Kier alpha value is -0.990. The van der Waals surface area contributed by atoms with E-state index in [4.69, 9.17) is 4.74 Å². The fraction of sp³-hybridized carbons (Fsp3) is 0.706. The van der Waals surface area contributed by atoms with Crippen molar-refractivity contribution < 1.29 is 17.9 Å². The van der Waals surface area contributed by atoms with E-state index in [1.54, 1.807) is 20.9 Å². The van der Waals surface area contributed by atoms with E-state index in [0.29, 0.717) is 49.2 Å². The summed E-state index contributed by atoms with van der Waals surface area (Å²) in [5.41, 5.74) is 0.649. The van der Waals surface area contributed by atoms with Gasteiger partial charge in [0.05, 0.1) is 24.6 Å². The number of aliphatic imine (C=N–C) groups is 1. The maximum atomic E-state index is 11.9. The Morgan fingerprint density at radius 2 is 2.03 bits per heavy atom. The van der Waals surface area contributed by atoms with Crippen LogP contribution in [0.3, 0.4) is 0 Å². The van der Waals surface area contributed by atoms with Gasteiger partial charge >= 0.3 is 5.97 Å². The second-order valence-electron chi connectivity index (χ2n) is 6.16. The van der Waals surface area contributed by atoms with Gasteiger partial charge in [0.15, 0.2) is 5.96 Å². The van der Waals surface area contributed by atoms with Crippen molar-refractivity contribution >= 4 is 57.3 Å². The SMILES string of the molecule is CCOC(=O)c1sc(C(C)NC(=NC)NCCCN(CC)S(C)(=O)=O)nc1C.I. The molecule has 0 saturated carbocycles. The van der Waals surface area contributed by atoms with E-state index in [0.717, 1.165) is 5.01 Å². The molecule has 1 heterocycles. The Labute approximate surface area is 194 Å². The number of sulfonamides is 1. The van der Waals surface area contributed by atoms with Crippen LogP contribution in [-0.4, -0.2) is 69.2 Å². The summed E-state index contributed by atoms with van der Waals surface area (Å²) in [6.07, 6.45) is 1.87. The quantitative estimate of drug-likeness (QED) is 0.148. The predicted octanol–water partition coefficient (Wildman–Crippen LogP) is 2.14. The molecule has 9 nitrogen and oxygen atoms in total. The monoisotopic (exact) mass is 561 g/mol. The van der Waals surface area contributed by atoms with Crippen LogP contribution in [0, 0.1) is 6.92 Å². The summed E-state index contributed by atoms with van der Waals surface area (Å²) >= 11 is 1.30. The van der Waals surface area contributed by atoms with Crippen LogP contribution in [0.5, 0.6) is 0 Å². The maximum absolute atomic E-state index is 11.9. The van der Waals surface area contributed by atoms with Crippen LogP contribution in [-0.2, 0) is 14.8 Å². The standard InChI is InChI=1S/C17H31N5O4S2.HI/c1-7-22(28(6,24)25)11-9-10-19-17(18-5)21-13(4)15-20-12(3)14(27-15)16(23)26-8-2;/h13H,7-11H2,1-6H3,(H2,18,19,21);1H. The van der Waals surface area contributed by atoms with Crippen LogP contribution in [0.1, 0.15) is 53.6 Å². The number of guanidine groups is 1. The zero-order valence-electron chi connectivity index (χ0n) is 17.8. The van der Waals surface area contributed by atoms with Crippen LogP contribution in [0.4, 0.5) is 0 Å². The van der Waals surface area contributed by atoms with Gasteiger partial charge in [-0.25, -0.2) is 22.5 Å². The average Bonchev–Trinajstić information content (AvgIpc) is 3.01. The minimum absolute atomic E-state index is 0. The highest BCUT2D eigenvalue weighted by Crippen LogP contribution is 2.24. The number of hydrogen-bond donors (Lipinski definition) is 2. The van der Waals surface area contributed by atoms with E-state index < -0.39 is 10.0 Å². The molecule has 0 saturated heterocycles. The third-order valence-corrected chi connectivity index (χ3v) is 6.62. The summed E-state index contributed by atoms with van der Waals surface area (Å²) < 4.78 is 29.7. The highest BCUT2D eigenvalue weighted by atomic mass is 127. The lowest BCUT2D eigenvalue weighted by atomic mass is 10.3. The van der Waals surface area contributed by atoms with Gasteiger partial charge in [-0.05, 0) is 27.2 Å². The Kier molecular flexibility index (Phi) is 12.9. The van der Waals surface area contributed by atoms with Crippen LogP contribution in [0.2, 0.25) is 0 Å². The molecule has 0 aliphatic heterocycles. The molecule has 1 rings (SSSR count). The Balaban J connectivity index is 0.00000784. The van der Waals surface area contributed by atoms with Crippen LogP contribution in [0.15, 0.2) is 4.99 Å². The fourth-order valence-corrected chi connectivity index (χ4v) is 4.36. The average molecular weight is 562 g/mol. The molecule has 0 aliphatic rings. The topological polar surface area (TPSA) is 113 Å². The maximum Gasteiger partial charge on any atom is 0.350 e. The third-order valence-electron chi connectivity index (χ3n) is 3.92. The highest BCUT2D eigenvalue weighted by molar-refractivity contribution is 14.0. The molecule has 0 bridgehead atoms. The number of halogens is 1. The van der Waals surface area contributed by atoms with E-state index in [1.165, 1.54) is 21.9 Å². The van der Waals surface area contributed by atoms with Crippen molar-refractivity contribution in [3.8, 4) is 0 Å². The van der Waals surface area contributed by atoms with Gasteiger partial charge in [-0.1, -0.05) is 6.92 Å². The van der Waals surface area contributed by atoms with Crippen molar-refractivity contribution in [1.29, 1.82) is 0 Å². The molecule has 0 spiro atoms. The molecule has 1 aromatic heterocycles. The molecule has 1 atom stereocenters. The van der Waals surface area contributed by atoms with E-state index in [1.807, 2.05) is 13.8 Å². The first-order valence-corrected chi connectivity index (χ1v) is 11.9. The van der Waals surface area contributed by atoms with Gasteiger partial charge in [0.25, 0.3) is 0 Å². The lowest BCUT2D eigenvalue weighted by molar-refractivity contribution is 0.0531. The number of esters is 1. The zero-order chi connectivity index (χ0) is 21.3. The second kappa shape index (κ2) is 13.3. The number of nitrogens with one attached hydrogen (secondary N) is 2. The molecule has 12 heteroatoms. The minimum atomic E-state index is -3.17. The van der Waals surface area contributed by atoms with Gasteiger partial charge in [0.2, 0.25) is 10.0 Å². The number of thiazole rings is 1. The summed E-state index contributed by atoms with van der Waals surface area (Å²) in [6, 6.07) is -0.152. The lowest BCUT2D eigenvalue weighted by Crippen LogP contribution is -2.40. The number of carbonyl (C=O) groups is 1. The van der Waals surface area contributed by atoms with Gasteiger partial charge in [-0.15, -0.1) is 35.3 Å². The summed E-state index contributed by atoms with van der Waals surface area (Å²) in [5, 5.41) is 7.16. The normalized spacial score (nSPS) is 13.0. The molecular weight excluding hydrogens is 529 g/mol. The number of aromatic nitrogens is 1. The number of nitrogens with zero attached hydrogens (tertiary/aromatic N) is 3. The summed E-state index contributed by atoms with van der Waals surface area (Å²) in [6.45, 7) is 9.10. The van der Waals surface area contributed by atoms with Gasteiger partial charge in [-0.2, -0.15) is 0 Å². The fourth-order valence-electron chi connectivity index (χ4n) is 2.47. The van der Waals surface area contributed by atoms with Gasteiger partial charge in [-0.3, -0.25) is 4.99 Å². The van der Waals surface area contributed by atoms with Gasteiger partial charge < -0.3 is 15.4 Å². The van der Waals surface area contributed by atoms with Gasteiger partial charge in [0, 0.05) is 26.7 Å². The molecule has 2 N–H and O–H groups in total. The number of rotatable bonds is 10. The largest absolute Gasteiger partial charge is 0.462 e. The lowest BCUT2D eigenvalue weighted by Gasteiger charge is -2.19.